The molecular formula is C16H28N2O3. The summed E-state index contributed by atoms with van der Waals surface area (Å²) in [7, 11) is 0. The Hall–Kier alpha value is -0.940. The third-order valence-corrected chi connectivity index (χ3v) is 4.20. The number of nitrogens with zero attached hydrogens (tertiary/aromatic N) is 2. The zero-order valence-electron chi connectivity index (χ0n) is 13.5. The Kier molecular flexibility index (Phi) is 6.64. The lowest BCUT2D eigenvalue weighted by Gasteiger charge is -2.26. The van der Waals surface area contributed by atoms with Gasteiger partial charge in [-0.1, -0.05) is 24.9 Å². The van der Waals surface area contributed by atoms with Crippen LogP contribution in [0.25, 0.3) is 0 Å². The minimum absolute atomic E-state index is 0.430. The predicted molar refractivity (Wildman–Crippen MR) is 79.9 cm³/mol. The summed E-state index contributed by atoms with van der Waals surface area (Å²) in [5.41, 5.74) is 0. The van der Waals surface area contributed by atoms with Crippen molar-refractivity contribution >= 4 is 0 Å². The van der Waals surface area contributed by atoms with E-state index in [-0.39, 0.29) is 0 Å². The highest BCUT2D eigenvalue weighted by atomic mass is 16.7. The SMILES string of the molecule is CCCC1CCC(c2noc(C(OCC)OCC)n2)CC1. The molecule has 21 heavy (non-hydrogen) atoms. The molecule has 0 spiro atoms. The van der Waals surface area contributed by atoms with E-state index in [1.807, 2.05) is 13.8 Å². The normalized spacial score (nSPS) is 22.9. The number of rotatable bonds is 8. The van der Waals surface area contributed by atoms with Crippen molar-refractivity contribution in [3.05, 3.63) is 11.7 Å². The molecule has 5 heteroatoms. The van der Waals surface area contributed by atoms with Crippen LogP contribution >= 0.6 is 0 Å². The van der Waals surface area contributed by atoms with Gasteiger partial charge in [0.15, 0.2) is 5.82 Å². The van der Waals surface area contributed by atoms with E-state index >= 15 is 0 Å². The lowest BCUT2D eigenvalue weighted by molar-refractivity contribution is -0.155. The monoisotopic (exact) mass is 296 g/mol. The van der Waals surface area contributed by atoms with Crippen LogP contribution in [0.5, 0.6) is 0 Å². The molecule has 0 unspecified atom stereocenters. The summed E-state index contributed by atoms with van der Waals surface area (Å²) in [5.74, 6) is 2.59. The van der Waals surface area contributed by atoms with Gasteiger partial charge in [-0.2, -0.15) is 4.98 Å². The van der Waals surface area contributed by atoms with E-state index in [4.69, 9.17) is 14.0 Å². The summed E-state index contributed by atoms with van der Waals surface area (Å²) < 4.78 is 16.3. The van der Waals surface area contributed by atoms with Gasteiger partial charge in [0.25, 0.3) is 5.89 Å². The number of ether oxygens (including phenoxy) is 2. The molecule has 0 radical (unpaired) electrons. The number of hydrogen-bond acceptors (Lipinski definition) is 5. The van der Waals surface area contributed by atoms with E-state index in [2.05, 4.69) is 17.1 Å². The molecule has 1 aromatic rings. The van der Waals surface area contributed by atoms with Gasteiger partial charge in [-0.05, 0) is 45.4 Å². The van der Waals surface area contributed by atoms with Crippen molar-refractivity contribution in [2.75, 3.05) is 13.2 Å². The van der Waals surface area contributed by atoms with E-state index in [0.717, 1.165) is 24.6 Å². The largest absolute Gasteiger partial charge is 0.345 e. The molecule has 1 aromatic heterocycles. The van der Waals surface area contributed by atoms with E-state index in [9.17, 15) is 0 Å². The van der Waals surface area contributed by atoms with Gasteiger partial charge in [-0.15, -0.1) is 0 Å². The molecule has 0 aromatic carbocycles. The average molecular weight is 296 g/mol. The molecule has 0 bridgehead atoms. The molecule has 120 valence electrons. The molecule has 0 N–H and O–H groups in total. The highest BCUT2D eigenvalue weighted by Gasteiger charge is 2.27. The van der Waals surface area contributed by atoms with Crippen LogP contribution in [-0.2, 0) is 9.47 Å². The van der Waals surface area contributed by atoms with Gasteiger partial charge >= 0.3 is 0 Å². The minimum Gasteiger partial charge on any atom is -0.345 e. The van der Waals surface area contributed by atoms with Crippen LogP contribution in [-0.4, -0.2) is 23.4 Å². The first kappa shape index (κ1) is 16.4. The number of aromatic nitrogens is 2. The second-order valence-corrected chi connectivity index (χ2v) is 5.74. The average Bonchev–Trinajstić information content (AvgIpc) is 2.98. The Balaban J connectivity index is 1.93. The lowest BCUT2D eigenvalue weighted by Crippen LogP contribution is -2.14. The first-order valence-corrected chi connectivity index (χ1v) is 8.35. The summed E-state index contributed by atoms with van der Waals surface area (Å²) in [6.07, 6.45) is 6.99. The zero-order chi connectivity index (χ0) is 15.1. The summed E-state index contributed by atoms with van der Waals surface area (Å²) in [6.45, 7) is 7.24. The zero-order valence-corrected chi connectivity index (χ0v) is 13.5. The highest BCUT2D eigenvalue weighted by Crippen LogP contribution is 2.36. The first-order valence-electron chi connectivity index (χ1n) is 8.35. The molecule has 1 fully saturated rings. The Morgan fingerprint density at radius 2 is 1.76 bits per heavy atom. The molecule has 1 aliphatic carbocycles. The Morgan fingerprint density at radius 3 is 2.33 bits per heavy atom. The van der Waals surface area contributed by atoms with Gasteiger partial charge in [-0.25, -0.2) is 0 Å². The summed E-state index contributed by atoms with van der Waals surface area (Å²) in [6, 6.07) is 0. The van der Waals surface area contributed by atoms with Gasteiger partial charge in [-0.3, -0.25) is 0 Å². The van der Waals surface area contributed by atoms with Crippen molar-refractivity contribution in [3.63, 3.8) is 0 Å². The molecular weight excluding hydrogens is 268 g/mol. The molecule has 1 saturated carbocycles. The second-order valence-electron chi connectivity index (χ2n) is 5.74. The fraction of sp³-hybridized carbons (Fsp3) is 0.875. The van der Waals surface area contributed by atoms with Crippen LogP contribution in [0.15, 0.2) is 4.52 Å². The predicted octanol–water partition coefficient (Wildman–Crippen LogP) is 4.22. The van der Waals surface area contributed by atoms with Crippen molar-refractivity contribution < 1.29 is 14.0 Å². The van der Waals surface area contributed by atoms with Crippen LogP contribution in [0.3, 0.4) is 0 Å². The van der Waals surface area contributed by atoms with Crippen molar-refractivity contribution in [2.45, 2.75) is 71.5 Å². The first-order chi connectivity index (χ1) is 10.3. The van der Waals surface area contributed by atoms with E-state index in [1.54, 1.807) is 0 Å². The summed E-state index contributed by atoms with van der Waals surface area (Å²) in [5, 5.41) is 4.15. The molecule has 0 saturated heterocycles. The van der Waals surface area contributed by atoms with E-state index in [0.29, 0.717) is 25.0 Å². The highest BCUT2D eigenvalue weighted by molar-refractivity contribution is 4.98. The molecule has 0 amide bonds. The smallest absolute Gasteiger partial charge is 0.283 e. The Labute approximate surface area is 127 Å². The molecule has 1 heterocycles. The maximum atomic E-state index is 5.50. The van der Waals surface area contributed by atoms with Crippen LogP contribution in [0.4, 0.5) is 0 Å². The van der Waals surface area contributed by atoms with Crippen LogP contribution in [0.1, 0.15) is 83.2 Å². The minimum atomic E-state index is -0.530. The molecule has 0 aliphatic heterocycles. The van der Waals surface area contributed by atoms with Crippen LogP contribution < -0.4 is 0 Å². The number of hydrogen-bond donors (Lipinski definition) is 0. The van der Waals surface area contributed by atoms with Crippen LogP contribution in [0, 0.1) is 5.92 Å². The van der Waals surface area contributed by atoms with Crippen molar-refractivity contribution in [3.8, 4) is 0 Å². The van der Waals surface area contributed by atoms with Gasteiger partial charge in [0.05, 0.1) is 0 Å². The maximum Gasteiger partial charge on any atom is 0.283 e. The second kappa shape index (κ2) is 8.49. The van der Waals surface area contributed by atoms with E-state index in [1.165, 1.54) is 25.7 Å². The van der Waals surface area contributed by atoms with Gasteiger partial charge in [0.2, 0.25) is 6.29 Å². The fourth-order valence-corrected chi connectivity index (χ4v) is 3.12. The standard InChI is InChI=1S/C16H28N2O3/c1-4-7-12-8-10-13(11-9-12)14-17-15(21-18-14)16(19-5-2)20-6-3/h12-13,16H,4-11H2,1-3H3. The van der Waals surface area contributed by atoms with Gasteiger partial charge in [0, 0.05) is 19.1 Å². The molecule has 1 aliphatic rings. The summed E-state index contributed by atoms with van der Waals surface area (Å²) in [4.78, 5) is 4.51. The van der Waals surface area contributed by atoms with Gasteiger partial charge in [0.1, 0.15) is 0 Å². The Morgan fingerprint density at radius 1 is 1.10 bits per heavy atom. The molecule has 5 nitrogen and oxygen atoms in total. The third-order valence-electron chi connectivity index (χ3n) is 4.20. The Bertz CT molecular complexity index is 394. The van der Waals surface area contributed by atoms with Crippen molar-refractivity contribution in [1.82, 2.24) is 10.1 Å². The third kappa shape index (κ3) is 4.51. The molecule has 0 atom stereocenters. The maximum absolute atomic E-state index is 5.50. The van der Waals surface area contributed by atoms with Gasteiger partial charge < -0.3 is 14.0 Å². The quantitative estimate of drug-likeness (QED) is 0.672. The summed E-state index contributed by atoms with van der Waals surface area (Å²) >= 11 is 0. The fourth-order valence-electron chi connectivity index (χ4n) is 3.12. The van der Waals surface area contributed by atoms with Crippen LogP contribution in [0.2, 0.25) is 0 Å². The van der Waals surface area contributed by atoms with Crippen molar-refractivity contribution in [2.24, 2.45) is 5.92 Å². The molecule has 2 rings (SSSR count). The van der Waals surface area contributed by atoms with Crippen molar-refractivity contribution in [1.29, 1.82) is 0 Å². The lowest BCUT2D eigenvalue weighted by atomic mass is 9.80. The van der Waals surface area contributed by atoms with E-state index < -0.39 is 6.29 Å². The topological polar surface area (TPSA) is 57.4 Å².